The Bertz CT molecular complexity index is 525. The van der Waals surface area contributed by atoms with Gasteiger partial charge in [-0.05, 0) is 30.9 Å². The number of nitrogens with one attached hydrogen (secondary N) is 1. The van der Waals surface area contributed by atoms with Crippen molar-refractivity contribution in [2.45, 2.75) is 18.9 Å². The third-order valence-corrected chi connectivity index (χ3v) is 3.40. The zero-order chi connectivity index (χ0) is 14.7. The zero-order valence-electron chi connectivity index (χ0n) is 11.0. The molecule has 2 rings (SSSR count). The van der Waals surface area contributed by atoms with Crippen LogP contribution in [0.25, 0.3) is 0 Å². The molecule has 1 fully saturated rings. The van der Waals surface area contributed by atoms with Crippen molar-refractivity contribution in [3.63, 3.8) is 0 Å². The number of aliphatic hydroxyl groups excluding tert-OH is 1. The molecule has 0 saturated heterocycles. The topological polar surface area (TPSA) is 102 Å². The number of aliphatic hydroxyl groups is 1. The van der Waals surface area contributed by atoms with Crippen LogP contribution in [0, 0.1) is 16.0 Å². The smallest absolute Gasteiger partial charge is 0.311 e. The summed E-state index contributed by atoms with van der Waals surface area (Å²) in [5, 5.41) is 22.7. The first kappa shape index (κ1) is 14.3. The van der Waals surface area contributed by atoms with Crippen LogP contribution in [0.4, 0.5) is 5.69 Å². The van der Waals surface area contributed by atoms with Gasteiger partial charge in [-0.15, -0.1) is 0 Å². The molecule has 0 radical (unpaired) electrons. The van der Waals surface area contributed by atoms with Crippen molar-refractivity contribution >= 4 is 11.6 Å². The van der Waals surface area contributed by atoms with Crippen molar-refractivity contribution < 1.29 is 19.6 Å². The molecular formula is C13H16N2O5. The number of carbonyl (C=O) groups is 1. The SMILES string of the molecule is COc1ccc(C(=O)NCC2CC(O)C2)cc1[N+](=O)[O-]. The Kier molecular flexibility index (Phi) is 4.19. The Hall–Kier alpha value is -2.15. The van der Waals surface area contributed by atoms with Gasteiger partial charge in [-0.1, -0.05) is 0 Å². The molecule has 0 atom stereocenters. The van der Waals surface area contributed by atoms with E-state index in [9.17, 15) is 14.9 Å². The van der Waals surface area contributed by atoms with Crippen LogP contribution < -0.4 is 10.1 Å². The second-order valence-electron chi connectivity index (χ2n) is 4.85. The molecule has 0 unspecified atom stereocenters. The fraction of sp³-hybridized carbons (Fsp3) is 0.462. The number of nitro groups is 1. The van der Waals surface area contributed by atoms with Gasteiger partial charge in [0.25, 0.3) is 5.91 Å². The molecule has 0 bridgehead atoms. The highest BCUT2D eigenvalue weighted by Crippen LogP contribution is 2.28. The molecule has 7 heteroatoms. The highest BCUT2D eigenvalue weighted by atomic mass is 16.6. The highest BCUT2D eigenvalue weighted by Gasteiger charge is 2.27. The van der Waals surface area contributed by atoms with E-state index >= 15 is 0 Å². The van der Waals surface area contributed by atoms with Crippen molar-refractivity contribution in [2.24, 2.45) is 5.92 Å². The first-order valence-electron chi connectivity index (χ1n) is 6.30. The summed E-state index contributed by atoms with van der Waals surface area (Å²) in [6, 6.07) is 4.08. The minimum atomic E-state index is -0.585. The largest absolute Gasteiger partial charge is 0.490 e. The van der Waals surface area contributed by atoms with Crippen molar-refractivity contribution in [2.75, 3.05) is 13.7 Å². The van der Waals surface area contributed by atoms with E-state index in [2.05, 4.69) is 5.32 Å². The van der Waals surface area contributed by atoms with E-state index in [1.54, 1.807) is 0 Å². The molecule has 1 saturated carbocycles. The number of nitrogens with zero attached hydrogens (tertiary/aromatic N) is 1. The summed E-state index contributed by atoms with van der Waals surface area (Å²) in [6.45, 7) is 0.468. The molecule has 1 aliphatic carbocycles. The molecule has 108 valence electrons. The third kappa shape index (κ3) is 3.05. The molecule has 1 amide bonds. The standard InChI is InChI=1S/C13H16N2O5/c1-20-12-3-2-9(6-11(12)15(18)19)13(17)14-7-8-4-10(16)5-8/h2-3,6,8,10,16H,4-5,7H2,1H3,(H,14,17). The molecule has 7 nitrogen and oxygen atoms in total. The van der Waals surface area contributed by atoms with Crippen molar-refractivity contribution in [1.82, 2.24) is 5.32 Å². The van der Waals surface area contributed by atoms with Crippen LogP contribution in [0.5, 0.6) is 5.75 Å². The average molecular weight is 280 g/mol. The lowest BCUT2D eigenvalue weighted by molar-refractivity contribution is -0.385. The van der Waals surface area contributed by atoms with Gasteiger partial charge < -0.3 is 15.2 Å². The number of rotatable bonds is 5. The van der Waals surface area contributed by atoms with E-state index in [0.29, 0.717) is 19.4 Å². The highest BCUT2D eigenvalue weighted by molar-refractivity contribution is 5.95. The first-order chi connectivity index (χ1) is 9.51. The van der Waals surface area contributed by atoms with Gasteiger partial charge in [0.15, 0.2) is 5.75 Å². The van der Waals surface area contributed by atoms with E-state index in [4.69, 9.17) is 9.84 Å². The lowest BCUT2D eigenvalue weighted by atomic mass is 9.82. The van der Waals surface area contributed by atoms with E-state index < -0.39 is 4.92 Å². The first-order valence-corrected chi connectivity index (χ1v) is 6.30. The van der Waals surface area contributed by atoms with Crippen LogP contribution in [-0.2, 0) is 0 Å². The minimum Gasteiger partial charge on any atom is -0.490 e. The summed E-state index contributed by atoms with van der Waals surface area (Å²) < 4.78 is 4.88. The number of amides is 1. The molecule has 0 aromatic heterocycles. The molecule has 1 aromatic carbocycles. The number of hydrogen-bond donors (Lipinski definition) is 2. The second-order valence-corrected chi connectivity index (χ2v) is 4.85. The Morgan fingerprint density at radius 3 is 2.80 bits per heavy atom. The lowest BCUT2D eigenvalue weighted by Gasteiger charge is -2.31. The summed E-state index contributed by atoms with van der Waals surface area (Å²) in [5.41, 5.74) is -0.0170. The molecule has 1 aliphatic rings. The third-order valence-electron chi connectivity index (χ3n) is 3.40. The van der Waals surface area contributed by atoms with Gasteiger partial charge in [-0.2, -0.15) is 0 Å². The fourth-order valence-corrected chi connectivity index (χ4v) is 2.18. The van der Waals surface area contributed by atoms with Crippen molar-refractivity contribution in [3.05, 3.63) is 33.9 Å². The predicted octanol–water partition coefficient (Wildman–Crippen LogP) is 1.10. The van der Waals surface area contributed by atoms with Gasteiger partial charge in [0.05, 0.1) is 18.1 Å². The van der Waals surface area contributed by atoms with E-state index in [1.165, 1.54) is 25.3 Å². The van der Waals surface area contributed by atoms with Gasteiger partial charge in [-0.3, -0.25) is 14.9 Å². The van der Waals surface area contributed by atoms with Crippen LogP contribution >= 0.6 is 0 Å². The molecule has 0 spiro atoms. The van der Waals surface area contributed by atoms with Crippen molar-refractivity contribution in [1.29, 1.82) is 0 Å². The van der Waals surface area contributed by atoms with Crippen LogP contribution in [0.15, 0.2) is 18.2 Å². The molecule has 1 aromatic rings. The summed E-state index contributed by atoms with van der Waals surface area (Å²) in [6.07, 6.45) is 1.10. The number of benzene rings is 1. The van der Waals surface area contributed by atoms with Gasteiger partial charge in [0, 0.05) is 18.2 Å². The molecule has 0 heterocycles. The Morgan fingerprint density at radius 2 is 2.25 bits per heavy atom. The van der Waals surface area contributed by atoms with Crippen LogP contribution in [0.1, 0.15) is 23.2 Å². The maximum Gasteiger partial charge on any atom is 0.311 e. The number of ether oxygens (including phenoxy) is 1. The quantitative estimate of drug-likeness (QED) is 0.621. The number of methoxy groups -OCH3 is 1. The van der Waals surface area contributed by atoms with Gasteiger partial charge in [0.1, 0.15) is 0 Å². The van der Waals surface area contributed by atoms with E-state index in [0.717, 1.165) is 0 Å². The number of nitro benzene ring substituents is 1. The zero-order valence-corrected chi connectivity index (χ0v) is 11.0. The fourth-order valence-electron chi connectivity index (χ4n) is 2.18. The van der Waals surface area contributed by atoms with Crippen LogP contribution in [-0.4, -0.2) is 35.7 Å². The molecule has 0 aliphatic heterocycles. The molecular weight excluding hydrogens is 264 g/mol. The number of carbonyl (C=O) groups excluding carboxylic acids is 1. The van der Waals surface area contributed by atoms with Gasteiger partial charge >= 0.3 is 5.69 Å². The second kappa shape index (κ2) is 5.87. The molecule has 20 heavy (non-hydrogen) atoms. The summed E-state index contributed by atoms with van der Waals surface area (Å²) >= 11 is 0. The predicted molar refractivity (Wildman–Crippen MR) is 70.7 cm³/mol. The minimum absolute atomic E-state index is 0.119. The van der Waals surface area contributed by atoms with E-state index in [-0.39, 0.29) is 34.9 Å². The number of hydrogen-bond acceptors (Lipinski definition) is 5. The Morgan fingerprint density at radius 1 is 1.55 bits per heavy atom. The van der Waals surface area contributed by atoms with Crippen molar-refractivity contribution in [3.8, 4) is 5.75 Å². The summed E-state index contributed by atoms with van der Waals surface area (Å²) in [7, 11) is 1.34. The monoisotopic (exact) mass is 280 g/mol. The van der Waals surface area contributed by atoms with Crippen LogP contribution in [0.3, 0.4) is 0 Å². The van der Waals surface area contributed by atoms with E-state index in [1.807, 2.05) is 0 Å². The average Bonchev–Trinajstić information content (AvgIpc) is 2.41. The van der Waals surface area contributed by atoms with Crippen LogP contribution in [0.2, 0.25) is 0 Å². The lowest BCUT2D eigenvalue weighted by Crippen LogP contribution is -2.38. The maximum absolute atomic E-state index is 11.9. The normalized spacial score (nSPS) is 20.9. The van der Waals surface area contributed by atoms with Gasteiger partial charge in [-0.25, -0.2) is 0 Å². The Labute approximate surface area is 115 Å². The summed E-state index contributed by atoms with van der Waals surface area (Å²) in [5.74, 6) is 0.0352. The summed E-state index contributed by atoms with van der Waals surface area (Å²) in [4.78, 5) is 22.2. The molecule has 2 N–H and O–H groups in total. The maximum atomic E-state index is 11.9. The van der Waals surface area contributed by atoms with Gasteiger partial charge in [0.2, 0.25) is 0 Å². The Balaban J connectivity index is 2.02.